The first-order valence-corrected chi connectivity index (χ1v) is 11.0. The van der Waals surface area contributed by atoms with Gasteiger partial charge in [0.25, 0.3) is 5.91 Å². The molecule has 0 saturated carbocycles. The maximum atomic E-state index is 13.6. The van der Waals surface area contributed by atoms with E-state index in [1.165, 1.54) is 7.11 Å². The highest BCUT2D eigenvalue weighted by Gasteiger charge is 2.38. The van der Waals surface area contributed by atoms with Gasteiger partial charge in [0.15, 0.2) is 0 Å². The number of aryl methyl sites for hydroxylation is 2. The van der Waals surface area contributed by atoms with Crippen molar-refractivity contribution in [3.63, 3.8) is 0 Å². The summed E-state index contributed by atoms with van der Waals surface area (Å²) in [6, 6.07) is 17.3. The standard InChI is InChI=1S/C28H28N2O4/c1-17-12-13-25(33-5)24(14-17)29-18(2)15-21(19(29)3)16-23-26(28(32)34-6)20(4)30(27(23)31)22-10-8-7-9-11-22/h7-16H,1-6H3/b23-16-. The van der Waals surface area contributed by atoms with Crippen molar-refractivity contribution in [3.05, 3.63) is 94.0 Å². The molecule has 0 fully saturated rings. The number of amides is 1. The van der Waals surface area contributed by atoms with Crippen molar-refractivity contribution in [2.24, 2.45) is 0 Å². The smallest absolute Gasteiger partial charge is 0.340 e. The molecule has 0 atom stereocenters. The molecule has 174 valence electrons. The Morgan fingerprint density at radius 2 is 1.65 bits per heavy atom. The number of hydrogen-bond acceptors (Lipinski definition) is 4. The Bertz CT molecular complexity index is 1350. The molecule has 1 amide bonds. The Balaban J connectivity index is 1.87. The number of hydrogen-bond donors (Lipinski definition) is 0. The molecule has 2 aromatic carbocycles. The lowest BCUT2D eigenvalue weighted by Gasteiger charge is -2.17. The molecule has 3 aromatic rings. The second-order valence-corrected chi connectivity index (χ2v) is 8.32. The van der Waals surface area contributed by atoms with Gasteiger partial charge in [-0.15, -0.1) is 0 Å². The van der Waals surface area contributed by atoms with E-state index in [0.29, 0.717) is 17.0 Å². The molecule has 0 saturated heterocycles. The van der Waals surface area contributed by atoms with Crippen LogP contribution in [0.4, 0.5) is 5.69 Å². The second kappa shape index (κ2) is 9.06. The van der Waals surface area contributed by atoms with Crippen LogP contribution in [0.3, 0.4) is 0 Å². The van der Waals surface area contributed by atoms with Gasteiger partial charge in [-0.25, -0.2) is 4.79 Å². The average molecular weight is 457 g/mol. The third-order valence-electron chi connectivity index (χ3n) is 6.15. The Morgan fingerprint density at radius 1 is 0.941 bits per heavy atom. The van der Waals surface area contributed by atoms with Crippen LogP contribution >= 0.6 is 0 Å². The molecular formula is C28H28N2O4. The summed E-state index contributed by atoms with van der Waals surface area (Å²) in [5.41, 5.74) is 6.62. The monoisotopic (exact) mass is 456 g/mol. The number of para-hydroxylation sites is 1. The van der Waals surface area contributed by atoms with E-state index in [1.807, 2.05) is 69.3 Å². The highest BCUT2D eigenvalue weighted by atomic mass is 16.5. The van der Waals surface area contributed by atoms with Crippen LogP contribution in [0.2, 0.25) is 0 Å². The van der Waals surface area contributed by atoms with Crippen molar-refractivity contribution in [2.75, 3.05) is 19.1 Å². The molecule has 1 aliphatic rings. The fourth-order valence-corrected chi connectivity index (χ4v) is 4.50. The number of ether oxygens (including phenoxy) is 2. The summed E-state index contributed by atoms with van der Waals surface area (Å²) >= 11 is 0. The van der Waals surface area contributed by atoms with Crippen molar-refractivity contribution in [3.8, 4) is 11.4 Å². The van der Waals surface area contributed by atoms with E-state index in [-0.39, 0.29) is 11.5 Å². The Labute approximate surface area is 199 Å². The summed E-state index contributed by atoms with van der Waals surface area (Å²) < 4.78 is 12.7. The van der Waals surface area contributed by atoms with Crippen LogP contribution in [0.25, 0.3) is 11.8 Å². The molecule has 1 aromatic heterocycles. The molecule has 0 aliphatic carbocycles. The van der Waals surface area contributed by atoms with Gasteiger partial charge in [-0.2, -0.15) is 0 Å². The first-order chi connectivity index (χ1) is 16.3. The fraction of sp³-hybridized carbons (Fsp3) is 0.214. The number of rotatable bonds is 5. The van der Waals surface area contributed by atoms with Crippen LogP contribution in [-0.4, -0.2) is 30.7 Å². The van der Waals surface area contributed by atoms with E-state index in [4.69, 9.17) is 9.47 Å². The van der Waals surface area contributed by atoms with Crippen LogP contribution in [-0.2, 0) is 14.3 Å². The van der Waals surface area contributed by atoms with Crippen molar-refractivity contribution in [1.29, 1.82) is 0 Å². The number of carbonyl (C=O) groups excluding carboxylic acids is 2. The van der Waals surface area contributed by atoms with Gasteiger partial charge < -0.3 is 14.0 Å². The number of esters is 1. The molecule has 0 radical (unpaired) electrons. The van der Waals surface area contributed by atoms with E-state index in [2.05, 4.69) is 10.6 Å². The van der Waals surface area contributed by atoms with Crippen molar-refractivity contribution < 1.29 is 19.1 Å². The third-order valence-corrected chi connectivity index (χ3v) is 6.15. The SMILES string of the molecule is COC(=O)C1=C(C)N(c2ccccc2)C(=O)/C1=C\c1cc(C)n(-c2cc(C)ccc2OC)c1C. The Kier molecular flexibility index (Phi) is 6.16. The van der Waals surface area contributed by atoms with Crippen molar-refractivity contribution >= 4 is 23.6 Å². The first-order valence-electron chi connectivity index (χ1n) is 11.0. The zero-order chi connectivity index (χ0) is 24.6. The fourth-order valence-electron chi connectivity index (χ4n) is 4.50. The lowest BCUT2D eigenvalue weighted by Crippen LogP contribution is -2.24. The average Bonchev–Trinajstić information content (AvgIpc) is 3.24. The molecule has 0 N–H and O–H groups in total. The summed E-state index contributed by atoms with van der Waals surface area (Å²) in [5.74, 6) is -0.0449. The van der Waals surface area contributed by atoms with Gasteiger partial charge in [0.05, 0.1) is 31.1 Å². The zero-order valence-electron chi connectivity index (χ0n) is 20.3. The molecule has 0 bridgehead atoms. The van der Waals surface area contributed by atoms with E-state index in [0.717, 1.165) is 34.0 Å². The second-order valence-electron chi connectivity index (χ2n) is 8.32. The van der Waals surface area contributed by atoms with Crippen molar-refractivity contribution in [1.82, 2.24) is 4.57 Å². The minimum Gasteiger partial charge on any atom is -0.495 e. The van der Waals surface area contributed by atoms with Gasteiger partial charge in [-0.3, -0.25) is 9.69 Å². The first kappa shape index (κ1) is 23.1. The quantitative estimate of drug-likeness (QED) is 0.387. The lowest BCUT2D eigenvalue weighted by molar-refractivity contribution is -0.136. The van der Waals surface area contributed by atoms with E-state index >= 15 is 0 Å². The highest BCUT2D eigenvalue weighted by molar-refractivity contribution is 6.23. The summed E-state index contributed by atoms with van der Waals surface area (Å²) in [4.78, 5) is 27.8. The maximum Gasteiger partial charge on any atom is 0.340 e. The predicted octanol–water partition coefficient (Wildman–Crippen LogP) is 5.29. The van der Waals surface area contributed by atoms with E-state index in [9.17, 15) is 9.59 Å². The minimum absolute atomic E-state index is 0.262. The Hall–Kier alpha value is -4.06. The zero-order valence-corrected chi connectivity index (χ0v) is 20.3. The highest BCUT2D eigenvalue weighted by Crippen LogP contribution is 2.37. The van der Waals surface area contributed by atoms with Gasteiger partial charge in [0, 0.05) is 22.8 Å². The minimum atomic E-state index is -0.537. The molecule has 4 rings (SSSR count). The van der Waals surface area contributed by atoms with Gasteiger partial charge in [-0.1, -0.05) is 24.3 Å². The largest absolute Gasteiger partial charge is 0.495 e. The van der Waals surface area contributed by atoms with Gasteiger partial charge in [0.2, 0.25) is 0 Å². The molecular weight excluding hydrogens is 428 g/mol. The number of benzene rings is 2. The maximum absolute atomic E-state index is 13.6. The summed E-state index contributed by atoms with van der Waals surface area (Å²) in [6.07, 6.45) is 1.78. The molecule has 6 nitrogen and oxygen atoms in total. The molecule has 1 aliphatic heterocycles. The van der Waals surface area contributed by atoms with Crippen LogP contribution in [0.1, 0.15) is 29.4 Å². The van der Waals surface area contributed by atoms with Crippen LogP contribution in [0.5, 0.6) is 5.75 Å². The van der Waals surface area contributed by atoms with Crippen LogP contribution in [0.15, 0.2) is 71.4 Å². The number of aromatic nitrogens is 1. The molecule has 6 heteroatoms. The number of nitrogens with zero attached hydrogens (tertiary/aromatic N) is 2. The van der Waals surface area contributed by atoms with Crippen LogP contribution < -0.4 is 9.64 Å². The van der Waals surface area contributed by atoms with Crippen molar-refractivity contribution in [2.45, 2.75) is 27.7 Å². The van der Waals surface area contributed by atoms with Gasteiger partial charge >= 0.3 is 5.97 Å². The topological polar surface area (TPSA) is 60.8 Å². The number of allylic oxidation sites excluding steroid dienone is 1. The molecule has 0 spiro atoms. The molecule has 2 heterocycles. The molecule has 34 heavy (non-hydrogen) atoms. The number of methoxy groups -OCH3 is 2. The normalized spacial score (nSPS) is 14.8. The van der Waals surface area contributed by atoms with Crippen LogP contribution in [0, 0.1) is 20.8 Å². The summed E-state index contributed by atoms with van der Waals surface area (Å²) in [7, 11) is 2.97. The third kappa shape index (κ3) is 3.81. The van der Waals surface area contributed by atoms with Gasteiger partial charge in [0.1, 0.15) is 5.75 Å². The number of carbonyl (C=O) groups is 2. The predicted molar refractivity (Wildman–Crippen MR) is 133 cm³/mol. The molecule has 0 unspecified atom stereocenters. The Morgan fingerprint density at radius 3 is 2.29 bits per heavy atom. The van der Waals surface area contributed by atoms with E-state index < -0.39 is 5.97 Å². The van der Waals surface area contributed by atoms with Gasteiger partial charge in [-0.05, 0) is 75.2 Å². The van der Waals surface area contributed by atoms with E-state index in [1.54, 1.807) is 25.0 Å². The summed E-state index contributed by atoms with van der Waals surface area (Å²) in [5, 5.41) is 0. The lowest BCUT2D eigenvalue weighted by atomic mass is 10.0. The number of anilines is 1. The summed E-state index contributed by atoms with van der Waals surface area (Å²) in [6.45, 7) is 7.79.